The molecule has 0 saturated carbocycles. The van der Waals surface area contributed by atoms with Crippen LogP contribution in [0.5, 0.6) is 11.5 Å². The van der Waals surface area contributed by atoms with E-state index in [9.17, 15) is 0 Å². The number of hydrogen-bond donors (Lipinski definition) is 0. The van der Waals surface area contributed by atoms with Gasteiger partial charge in [0.25, 0.3) is 6.33 Å². The maximum Gasteiger partial charge on any atom is 0.268 e. The number of benzene rings is 10. The van der Waals surface area contributed by atoms with E-state index < -0.39 is 0 Å². The molecule has 0 saturated heterocycles. The van der Waals surface area contributed by atoms with Gasteiger partial charge in [0.05, 0.1) is 38.8 Å². The van der Waals surface area contributed by atoms with Crippen molar-refractivity contribution in [3.05, 3.63) is 243 Å². The van der Waals surface area contributed by atoms with Crippen LogP contribution in [-0.4, -0.2) is 18.4 Å². The Morgan fingerprint density at radius 2 is 0.971 bits per heavy atom. The minimum Gasteiger partial charge on any atom is -0.510 e. The van der Waals surface area contributed by atoms with Crippen molar-refractivity contribution in [1.82, 2.24) is 18.4 Å². The average Bonchev–Trinajstić information content (AvgIpc) is 4.09. The van der Waals surface area contributed by atoms with Crippen LogP contribution >= 0.6 is 0 Å². The monoisotopic (exact) mass is 1060 g/mol. The Bertz CT molecular complexity index is 4300. The molecule has 69 heavy (non-hydrogen) atoms. The van der Waals surface area contributed by atoms with Gasteiger partial charge in [0.15, 0.2) is 0 Å². The fraction of sp³-hybridized carbons (Fsp3) is 0. The molecule has 0 aliphatic rings. The van der Waals surface area contributed by atoms with E-state index in [1.807, 2.05) is 24.3 Å². The summed E-state index contributed by atoms with van der Waals surface area (Å²) < 4.78 is 15.7. The van der Waals surface area contributed by atoms with Crippen molar-refractivity contribution in [2.75, 3.05) is 0 Å². The first-order valence-electron chi connectivity index (χ1n) is 22.8. The van der Waals surface area contributed by atoms with Gasteiger partial charge in [-0.3, -0.25) is 8.97 Å². The summed E-state index contributed by atoms with van der Waals surface area (Å²) in [6, 6.07) is 86.0. The Morgan fingerprint density at radius 3 is 1.70 bits per heavy atom. The van der Waals surface area contributed by atoms with Crippen molar-refractivity contribution < 1.29 is 30.4 Å². The minimum absolute atomic E-state index is 0. The Balaban J connectivity index is 0.00000469. The molecule has 328 valence electrons. The summed E-state index contributed by atoms with van der Waals surface area (Å²) in [6.07, 6.45) is 3.78. The molecular weight excluding hydrogens is 1030 g/mol. The number of imidazole rings is 3. The van der Waals surface area contributed by atoms with Crippen molar-refractivity contribution in [3.8, 4) is 45.1 Å². The maximum atomic E-state index is 6.86. The fourth-order valence-electron chi connectivity index (χ4n) is 10.3. The second kappa shape index (κ2) is 16.3. The minimum atomic E-state index is 0. The van der Waals surface area contributed by atoms with Crippen LogP contribution in [-0.2, 0) is 21.1 Å². The Morgan fingerprint density at radius 1 is 0.420 bits per heavy atom. The van der Waals surface area contributed by atoms with E-state index in [2.05, 4.69) is 237 Å². The number of fused-ring (bicyclic) bond motifs is 13. The van der Waals surface area contributed by atoms with Gasteiger partial charge in [-0.1, -0.05) is 187 Å². The van der Waals surface area contributed by atoms with Gasteiger partial charge in [0.1, 0.15) is 0 Å². The van der Waals surface area contributed by atoms with Crippen LogP contribution in [0.25, 0.3) is 110 Å². The van der Waals surface area contributed by atoms with Crippen molar-refractivity contribution >= 4 is 76.7 Å². The smallest absolute Gasteiger partial charge is 0.268 e. The van der Waals surface area contributed by atoms with Crippen LogP contribution in [0.15, 0.2) is 224 Å². The topological polar surface area (TPSA) is 39.8 Å². The summed E-state index contributed by atoms with van der Waals surface area (Å²) in [5, 5.41) is 6.71. The van der Waals surface area contributed by atoms with E-state index in [-0.39, 0.29) is 21.1 Å². The number of ether oxygens (including phenoxy) is 1. The van der Waals surface area contributed by atoms with E-state index >= 15 is 0 Å². The summed E-state index contributed by atoms with van der Waals surface area (Å²) in [5.41, 5.74) is 13.2. The number of hydrogen-bond acceptors (Lipinski definition) is 2. The van der Waals surface area contributed by atoms with Crippen LogP contribution < -0.4 is 9.30 Å². The average molecular weight is 1060 g/mol. The first kappa shape index (κ1) is 40.7. The Kier molecular flexibility index (Phi) is 9.63. The molecule has 4 aromatic heterocycles. The summed E-state index contributed by atoms with van der Waals surface area (Å²) in [6.45, 7) is 0. The van der Waals surface area contributed by atoms with Crippen molar-refractivity contribution in [1.29, 1.82) is 0 Å². The van der Waals surface area contributed by atoms with Gasteiger partial charge in [0.2, 0.25) is 5.78 Å². The van der Waals surface area contributed by atoms with E-state index in [1.54, 1.807) is 0 Å². The second-order valence-corrected chi connectivity index (χ2v) is 17.1. The van der Waals surface area contributed by atoms with Crippen LogP contribution in [0.1, 0.15) is 0 Å². The Labute approximate surface area is 411 Å². The molecular formula is C62H37N5OPt-2. The fourth-order valence-corrected chi connectivity index (χ4v) is 10.3. The number of nitrogens with zero attached hydrogens (tertiary/aromatic N) is 5. The standard InChI is InChI=1S/C62H37N5O.Pt/c1-3-18-41(19-4-1)46-28-16-29-47(42-20-5-2-6-21-42)60(46)65-40-64(56-33-13-14-34-57(56)65)43-22-15-23-44(38-43)68-45-36-37-52-50-26-9-7-24-48(50)49-25-8-10-27-51(49)53-30-17-35-58-61(53)67(59(52)39-45)62-63-54-31-11-12-32-55(54)66(58)62;/h1-37H;/q-2;. The molecule has 14 aromatic rings. The van der Waals surface area contributed by atoms with Crippen LogP contribution in [0.3, 0.4) is 0 Å². The second-order valence-electron chi connectivity index (χ2n) is 17.1. The van der Waals surface area contributed by atoms with Crippen LogP contribution in [0.2, 0.25) is 0 Å². The first-order valence-corrected chi connectivity index (χ1v) is 22.8. The zero-order chi connectivity index (χ0) is 44.7. The predicted molar refractivity (Wildman–Crippen MR) is 275 cm³/mol. The van der Waals surface area contributed by atoms with Gasteiger partial charge in [-0.2, -0.15) is 18.2 Å². The molecule has 14 rings (SSSR count). The van der Waals surface area contributed by atoms with E-state index in [1.165, 1.54) is 5.39 Å². The van der Waals surface area contributed by atoms with Crippen LogP contribution in [0.4, 0.5) is 0 Å². The van der Waals surface area contributed by atoms with Crippen molar-refractivity contribution in [2.24, 2.45) is 0 Å². The third kappa shape index (κ3) is 6.44. The molecule has 0 aliphatic carbocycles. The van der Waals surface area contributed by atoms with Gasteiger partial charge in [0, 0.05) is 38.0 Å². The van der Waals surface area contributed by atoms with E-state index in [4.69, 9.17) is 9.72 Å². The molecule has 0 fully saturated rings. The van der Waals surface area contributed by atoms with Gasteiger partial charge in [-0.05, 0) is 62.3 Å². The van der Waals surface area contributed by atoms with Gasteiger partial charge in [-0.25, -0.2) is 4.98 Å². The molecule has 0 bridgehead atoms. The molecule has 0 amide bonds. The molecule has 0 N–H and O–H groups in total. The molecule has 0 unspecified atom stereocenters. The molecule has 6 nitrogen and oxygen atoms in total. The maximum absolute atomic E-state index is 6.86. The summed E-state index contributed by atoms with van der Waals surface area (Å²) in [7, 11) is 0. The quantitative estimate of drug-likeness (QED) is 0.123. The molecule has 0 atom stereocenters. The molecule has 4 heterocycles. The largest absolute Gasteiger partial charge is 0.510 e. The number of rotatable bonds is 6. The van der Waals surface area contributed by atoms with Gasteiger partial charge in [-0.15, -0.1) is 29.7 Å². The molecule has 0 spiro atoms. The summed E-state index contributed by atoms with van der Waals surface area (Å²) in [4.78, 5) is 5.32. The Hall–Kier alpha value is -8.57. The molecule has 7 heteroatoms. The summed E-state index contributed by atoms with van der Waals surface area (Å²) >= 11 is 0. The normalized spacial score (nSPS) is 11.7. The zero-order valence-corrected chi connectivity index (χ0v) is 39.1. The SMILES string of the molecule is [Pt].[c-]1c(Oc2[c-]c3c(cc2)c2ccccc2c2ccccc2c2cccc4c2n3c2nc3ccccc3n42)cccc1-n1[c-][n+](-c2c(-c3ccccc3)cccc2-c2ccccc2)c2ccccc21. The van der Waals surface area contributed by atoms with Crippen molar-refractivity contribution in [2.45, 2.75) is 0 Å². The molecule has 10 aromatic carbocycles. The molecule has 0 aliphatic heterocycles. The number of aromatic nitrogens is 5. The predicted octanol–water partition coefficient (Wildman–Crippen LogP) is 14.7. The third-order valence-corrected chi connectivity index (χ3v) is 13.3. The van der Waals surface area contributed by atoms with Crippen LogP contribution in [0, 0.1) is 18.5 Å². The number of para-hydroxylation sites is 6. The van der Waals surface area contributed by atoms with Gasteiger partial charge < -0.3 is 13.7 Å². The van der Waals surface area contributed by atoms with E-state index in [0.29, 0.717) is 11.5 Å². The molecule has 0 radical (unpaired) electrons. The van der Waals surface area contributed by atoms with Crippen molar-refractivity contribution in [3.63, 3.8) is 0 Å². The first-order chi connectivity index (χ1) is 33.7. The van der Waals surface area contributed by atoms with Gasteiger partial charge >= 0.3 is 0 Å². The third-order valence-electron chi connectivity index (χ3n) is 13.3. The van der Waals surface area contributed by atoms with E-state index in [0.717, 1.165) is 105 Å². The summed E-state index contributed by atoms with van der Waals surface area (Å²) in [5.74, 6) is 1.92. The zero-order valence-electron chi connectivity index (χ0n) is 36.8.